The highest BCUT2D eigenvalue weighted by Gasteiger charge is 2.41. The molecule has 2 aliphatic heterocycles. The number of rotatable bonds is 3. The van der Waals surface area contributed by atoms with Gasteiger partial charge in [0.05, 0.1) is 21.4 Å². The van der Waals surface area contributed by atoms with Gasteiger partial charge in [-0.2, -0.15) is 0 Å². The van der Waals surface area contributed by atoms with E-state index >= 15 is 0 Å². The Morgan fingerprint density at radius 3 is 2.29 bits per heavy atom. The minimum absolute atomic E-state index is 0.413. The van der Waals surface area contributed by atoms with Crippen molar-refractivity contribution in [2.24, 2.45) is 16.5 Å². The molecule has 0 aromatic heterocycles. The molecule has 2 aliphatic rings. The van der Waals surface area contributed by atoms with Gasteiger partial charge in [-0.3, -0.25) is 0 Å². The quantitative estimate of drug-likeness (QED) is 0.646. The number of thioether (sulfide) groups is 2. The van der Waals surface area contributed by atoms with Gasteiger partial charge in [0, 0.05) is 10.6 Å². The van der Waals surface area contributed by atoms with Gasteiger partial charge in [-0.15, -0.1) is 11.8 Å². The summed E-state index contributed by atoms with van der Waals surface area (Å²) < 4.78 is 0. The predicted molar refractivity (Wildman–Crippen MR) is 123 cm³/mol. The lowest BCUT2D eigenvalue weighted by atomic mass is 10.1. The number of halogens is 2. The van der Waals surface area contributed by atoms with Crippen LogP contribution < -0.4 is 21.3 Å². The topological polar surface area (TPSA) is 70.9 Å². The maximum atomic E-state index is 6.73. The van der Waals surface area contributed by atoms with E-state index in [1.54, 1.807) is 30.0 Å². The number of anilines is 2. The Morgan fingerprint density at radius 2 is 1.68 bits per heavy atom. The zero-order chi connectivity index (χ0) is 20.0. The Balaban J connectivity index is 1.78. The molecule has 4 N–H and O–H groups in total. The van der Waals surface area contributed by atoms with Crippen molar-refractivity contribution in [3.05, 3.63) is 63.2 Å². The van der Waals surface area contributed by atoms with Crippen LogP contribution in [0.15, 0.2) is 63.1 Å². The number of benzene rings is 2. The average molecular weight is 452 g/mol. The zero-order valence-electron chi connectivity index (χ0n) is 15.3. The Kier molecular flexibility index (Phi) is 5.57. The van der Waals surface area contributed by atoms with Gasteiger partial charge >= 0.3 is 0 Å². The summed E-state index contributed by atoms with van der Waals surface area (Å²) in [4.78, 5) is 9.86. The molecule has 2 unspecified atom stereocenters. The highest BCUT2D eigenvalue weighted by Crippen LogP contribution is 2.48. The van der Waals surface area contributed by atoms with Gasteiger partial charge in [0.2, 0.25) is 0 Å². The third kappa shape index (κ3) is 3.30. The molecule has 0 saturated carbocycles. The van der Waals surface area contributed by atoms with Crippen LogP contribution in [0.5, 0.6) is 0 Å². The number of hydrogen-bond acceptors (Lipinski definition) is 7. The molecule has 2 aromatic carbocycles. The molecule has 28 heavy (non-hydrogen) atoms. The van der Waals surface area contributed by atoms with Crippen molar-refractivity contribution in [3.8, 4) is 0 Å². The highest BCUT2D eigenvalue weighted by molar-refractivity contribution is 8.04. The van der Waals surface area contributed by atoms with Crippen molar-refractivity contribution in [2.45, 2.75) is 23.5 Å². The number of amidine groups is 1. The summed E-state index contributed by atoms with van der Waals surface area (Å²) in [5.74, 6) is 0.815. The smallest absolute Gasteiger partial charge is 0.136 e. The van der Waals surface area contributed by atoms with Crippen LogP contribution in [0.3, 0.4) is 0 Å². The lowest BCUT2D eigenvalue weighted by Gasteiger charge is -2.38. The van der Waals surface area contributed by atoms with Crippen LogP contribution in [-0.2, 0) is 0 Å². The molecule has 4 rings (SSSR count). The third-order valence-corrected chi connectivity index (χ3v) is 6.99. The predicted octanol–water partition coefficient (Wildman–Crippen LogP) is 4.90. The second kappa shape index (κ2) is 7.82. The first-order valence-electron chi connectivity index (χ1n) is 8.56. The van der Waals surface area contributed by atoms with E-state index in [0.717, 1.165) is 22.2 Å². The summed E-state index contributed by atoms with van der Waals surface area (Å²) in [5.41, 5.74) is 15.2. The minimum Gasteiger partial charge on any atom is -0.311 e. The molecule has 0 spiro atoms. The SMILES string of the molecule is CSc1ccc(N2C(C)=NC3=C(C2N)N(c2c(Cl)cccc2Cl)C(N)S3)cc1. The van der Waals surface area contributed by atoms with Gasteiger partial charge < -0.3 is 21.3 Å². The molecule has 0 bridgehead atoms. The number of aliphatic imine (C=N–C) groups is 1. The summed E-state index contributed by atoms with van der Waals surface area (Å²) >= 11 is 16.1. The second-order valence-electron chi connectivity index (χ2n) is 6.31. The molecule has 5 nitrogen and oxygen atoms in total. The molecule has 0 saturated heterocycles. The monoisotopic (exact) mass is 451 g/mol. The normalized spacial score (nSPS) is 21.9. The van der Waals surface area contributed by atoms with Crippen molar-refractivity contribution < 1.29 is 0 Å². The molecule has 0 fully saturated rings. The first kappa shape index (κ1) is 19.9. The number of nitrogens with zero attached hydrogens (tertiary/aromatic N) is 3. The lowest BCUT2D eigenvalue weighted by Crippen LogP contribution is -2.53. The fourth-order valence-corrected chi connectivity index (χ4v) is 5.47. The van der Waals surface area contributed by atoms with Crippen molar-refractivity contribution >= 4 is 63.9 Å². The van der Waals surface area contributed by atoms with Gasteiger partial charge in [0.15, 0.2) is 0 Å². The zero-order valence-corrected chi connectivity index (χ0v) is 18.4. The number of para-hydroxylation sites is 1. The summed E-state index contributed by atoms with van der Waals surface area (Å²) in [6.07, 6.45) is 1.58. The average Bonchev–Trinajstić information content (AvgIpc) is 2.98. The summed E-state index contributed by atoms with van der Waals surface area (Å²) in [7, 11) is 0. The van der Waals surface area contributed by atoms with E-state index in [1.807, 2.05) is 35.1 Å². The van der Waals surface area contributed by atoms with Crippen molar-refractivity contribution in [1.29, 1.82) is 0 Å². The minimum atomic E-state index is -0.471. The third-order valence-electron chi connectivity index (χ3n) is 4.66. The molecule has 9 heteroatoms. The van der Waals surface area contributed by atoms with Crippen molar-refractivity contribution in [3.63, 3.8) is 0 Å². The second-order valence-corrected chi connectivity index (χ2v) is 9.11. The van der Waals surface area contributed by atoms with E-state index in [9.17, 15) is 0 Å². The van der Waals surface area contributed by atoms with Crippen LogP contribution in [0.4, 0.5) is 11.4 Å². The van der Waals surface area contributed by atoms with Crippen LogP contribution in [0, 0.1) is 0 Å². The van der Waals surface area contributed by atoms with Gasteiger partial charge in [0.25, 0.3) is 0 Å². The Labute approximate surface area is 182 Å². The van der Waals surface area contributed by atoms with Gasteiger partial charge in [-0.1, -0.05) is 41.0 Å². The van der Waals surface area contributed by atoms with E-state index in [1.165, 1.54) is 16.7 Å². The van der Waals surface area contributed by atoms with Crippen LogP contribution in [0.1, 0.15) is 6.92 Å². The van der Waals surface area contributed by atoms with Crippen LogP contribution >= 0.6 is 46.7 Å². The standard InChI is InChI=1S/C19H19Cl2N5S2/c1-10-24-18-16(17(22)25(10)11-6-8-12(27-2)9-7-11)26(19(23)28-18)15-13(20)4-3-5-14(15)21/h3-9,17,19H,22-23H2,1-2H3. The number of hydrogen-bond donors (Lipinski definition) is 2. The molecular weight excluding hydrogens is 433 g/mol. The van der Waals surface area contributed by atoms with E-state index in [0.29, 0.717) is 15.7 Å². The molecule has 0 amide bonds. The molecular formula is C19H19Cl2N5S2. The Hall–Kier alpha value is -1.35. The van der Waals surface area contributed by atoms with E-state index in [2.05, 4.69) is 12.1 Å². The molecule has 146 valence electrons. The van der Waals surface area contributed by atoms with E-state index in [4.69, 9.17) is 39.7 Å². The molecule has 2 atom stereocenters. The molecule has 0 aliphatic carbocycles. The largest absolute Gasteiger partial charge is 0.311 e. The van der Waals surface area contributed by atoms with Crippen LogP contribution in [0.25, 0.3) is 0 Å². The van der Waals surface area contributed by atoms with Crippen molar-refractivity contribution in [2.75, 3.05) is 16.1 Å². The van der Waals surface area contributed by atoms with Crippen molar-refractivity contribution in [1.82, 2.24) is 0 Å². The Morgan fingerprint density at radius 1 is 1.04 bits per heavy atom. The Bertz CT molecular complexity index is 957. The van der Waals surface area contributed by atoms with E-state index < -0.39 is 11.7 Å². The van der Waals surface area contributed by atoms with Crippen LogP contribution in [0.2, 0.25) is 10.0 Å². The van der Waals surface area contributed by atoms with Gasteiger partial charge in [-0.25, -0.2) is 4.99 Å². The summed E-state index contributed by atoms with van der Waals surface area (Å²) in [6.45, 7) is 1.95. The maximum absolute atomic E-state index is 6.73. The maximum Gasteiger partial charge on any atom is 0.136 e. The first-order valence-corrected chi connectivity index (χ1v) is 11.4. The molecule has 2 heterocycles. The fourth-order valence-electron chi connectivity index (χ4n) is 3.40. The fraction of sp³-hybridized carbons (Fsp3) is 0.211. The van der Waals surface area contributed by atoms with Gasteiger partial charge in [-0.05, 0) is 49.6 Å². The molecule has 2 aromatic rings. The van der Waals surface area contributed by atoms with Crippen LogP contribution in [-0.4, -0.2) is 23.8 Å². The first-order chi connectivity index (χ1) is 13.4. The highest BCUT2D eigenvalue weighted by atomic mass is 35.5. The molecule has 0 radical (unpaired) electrons. The lowest BCUT2D eigenvalue weighted by molar-refractivity contribution is 0.717. The van der Waals surface area contributed by atoms with E-state index in [-0.39, 0.29) is 0 Å². The number of nitrogens with two attached hydrogens (primary N) is 2. The van der Waals surface area contributed by atoms with Gasteiger partial charge in [0.1, 0.15) is 22.5 Å². The summed E-state index contributed by atoms with van der Waals surface area (Å²) in [6, 6.07) is 13.6. The summed E-state index contributed by atoms with van der Waals surface area (Å²) in [5, 5.41) is 1.84.